The quantitative estimate of drug-likeness (QED) is 0.376. The Hall–Kier alpha value is -1.81. The Morgan fingerprint density at radius 3 is 2.41 bits per heavy atom. The van der Waals surface area contributed by atoms with Crippen molar-refractivity contribution >= 4 is 44.2 Å². The van der Waals surface area contributed by atoms with Gasteiger partial charge in [0.1, 0.15) is 12.4 Å². The molecule has 0 unspecified atom stereocenters. The van der Waals surface area contributed by atoms with Crippen LogP contribution in [0.5, 0.6) is 5.75 Å². The Bertz CT molecular complexity index is 930. The van der Waals surface area contributed by atoms with Gasteiger partial charge in [-0.3, -0.25) is 9.10 Å². The molecule has 0 heterocycles. The maximum Gasteiger partial charge on any atom is 0.232 e. The van der Waals surface area contributed by atoms with Crippen LogP contribution in [-0.2, 0) is 14.8 Å². The lowest BCUT2D eigenvalue weighted by atomic mass is 10.1. The summed E-state index contributed by atoms with van der Waals surface area (Å²) in [6, 6.07) is 13.1. The SMILES string of the molecule is Cc1ccc(OCCNC(=O)CCCN(c2ccc(I)cc2)S(C)(=O)=O)cc1C. The summed E-state index contributed by atoms with van der Waals surface area (Å²) in [7, 11) is -3.41. The molecule has 2 aromatic rings. The van der Waals surface area contributed by atoms with E-state index in [0.29, 0.717) is 25.3 Å². The van der Waals surface area contributed by atoms with Gasteiger partial charge < -0.3 is 10.1 Å². The zero-order valence-electron chi connectivity index (χ0n) is 16.9. The third-order valence-corrected chi connectivity index (χ3v) is 6.36. The van der Waals surface area contributed by atoms with Crippen molar-refractivity contribution in [1.82, 2.24) is 5.32 Å². The zero-order valence-corrected chi connectivity index (χ0v) is 19.9. The van der Waals surface area contributed by atoms with E-state index >= 15 is 0 Å². The van der Waals surface area contributed by atoms with Crippen LogP contribution < -0.4 is 14.4 Å². The second-order valence-corrected chi connectivity index (χ2v) is 10.0. The van der Waals surface area contributed by atoms with Gasteiger partial charge in [0.2, 0.25) is 15.9 Å². The smallest absolute Gasteiger partial charge is 0.232 e. The fourth-order valence-corrected chi connectivity index (χ4v) is 4.05. The van der Waals surface area contributed by atoms with Gasteiger partial charge in [0.25, 0.3) is 0 Å². The van der Waals surface area contributed by atoms with Gasteiger partial charge in [-0.05, 0) is 90.4 Å². The lowest BCUT2D eigenvalue weighted by Gasteiger charge is -2.22. The number of hydrogen-bond acceptors (Lipinski definition) is 4. The van der Waals surface area contributed by atoms with Gasteiger partial charge in [-0.1, -0.05) is 6.07 Å². The third kappa shape index (κ3) is 7.85. The van der Waals surface area contributed by atoms with E-state index in [0.717, 1.165) is 14.9 Å². The van der Waals surface area contributed by atoms with Crippen molar-refractivity contribution in [3.63, 3.8) is 0 Å². The minimum absolute atomic E-state index is 0.121. The Balaban J connectivity index is 1.74. The summed E-state index contributed by atoms with van der Waals surface area (Å²) < 4.78 is 32.2. The summed E-state index contributed by atoms with van der Waals surface area (Å²) >= 11 is 2.17. The number of nitrogens with zero attached hydrogens (tertiary/aromatic N) is 1. The number of benzene rings is 2. The normalized spacial score (nSPS) is 11.2. The molecule has 0 saturated heterocycles. The van der Waals surface area contributed by atoms with Crippen LogP contribution in [-0.4, -0.2) is 40.3 Å². The van der Waals surface area contributed by atoms with Gasteiger partial charge in [-0.2, -0.15) is 0 Å². The average molecular weight is 530 g/mol. The van der Waals surface area contributed by atoms with Crippen molar-refractivity contribution in [2.75, 3.05) is 30.3 Å². The lowest BCUT2D eigenvalue weighted by molar-refractivity contribution is -0.121. The molecule has 158 valence electrons. The van der Waals surface area contributed by atoms with E-state index in [1.165, 1.54) is 16.1 Å². The van der Waals surface area contributed by atoms with Crippen LogP contribution in [0.2, 0.25) is 0 Å². The Kier molecular flexibility index (Phi) is 8.76. The van der Waals surface area contributed by atoms with E-state index in [-0.39, 0.29) is 18.9 Å². The molecule has 0 saturated carbocycles. The number of hydrogen-bond donors (Lipinski definition) is 1. The van der Waals surface area contributed by atoms with Crippen LogP contribution in [0.4, 0.5) is 5.69 Å². The van der Waals surface area contributed by atoms with Gasteiger partial charge in [-0.25, -0.2) is 8.42 Å². The molecule has 2 rings (SSSR count). The molecule has 0 aliphatic heterocycles. The lowest BCUT2D eigenvalue weighted by Crippen LogP contribution is -2.32. The van der Waals surface area contributed by atoms with Crippen molar-refractivity contribution in [3.05, 3.63) is 57.2 Å². The van der Waals surface area contributed by atoms with Crippen LogP contribution in [0.1, 0.15) is 24.0 Å². The maximum absolute atomic E-state index is 12.1. The van der Waals surface area contributed by atoms with E-state index in [1.807, 2.05) is 44.2 Å². The number of amides is 1. The van der Waals surface area contributed by atoms with Gasteiger partial charge in [0.05, 0.1) is 18.5 Å². The standard InChI is InChI=1S/C21H27IN2O4S/c1-16-6-11-20(15-17(16)2)28-14-12-23-21(25)5-4-13-24(29(3,26)27)19-9-7-18(22)8-10-19/h6-11,15H,4-5,12-14H2,1-3H3,(H,23,25). The first-order chi connectivity index (χ1) is 13.7. The first kappa shape index (κ1) is 23.5. The molecule has 2 aromatic carbocycles. The van der Waals surface area contributed by atoms with Crippen molar-refractivity contribution in [3.8, 4) is 5.75 Å². The van der Waals surface area contributed by atoms with Crippen LogP contribution in [0.25, 0.3) is 0 Å². The van der Waals surface area contributed by atoms with E-state index in [2.05, 4.69) is 27.9 Å². The van der Waals surface area contributed by atoms with Crippen molar-refractivity contribution < 1.29 is 17.9 Å². The Morgan fingerprint density at radius 2 is 1.79 bits per heavy atom. The number of aryl methyl sites for hydroxylation is 2. The summed E-state index contributed by atoms with van der Waals surface area (Å²) in [5, 5.41) is 2.81. The molecule has 0 spiro atoms. The maximum atomic E-state index is 12.1. The number of nitrogens with one attached hydrogen (secondary N) is 1. The van der Waals surface area contributed by atoms with E-state index < -0.39 is 10.0 Å². The highest BCUT2D eigenvalue weighted by Crippen LogP contribution is 2.20. The largest absolute Gasteiger partial charge is 0.492 e. The second-order valence-electron chi connectivity index (χ2n) is 6.86. The van der Waals surface area contributed by atoms with Gasteiger partial charge in [0.15, 0.2) is 0 Å². The molecule has 1 N–H and O–H groups in total. The molecule has 6 nitrogen and oxygen atoms in total. The highest BCUT2D eigenvalue weighted by atomic mass is 127. The topological polar surface area (TPSA) is 75.7 Å². The fourth-order valence-electron chi connectivity index (χ4n) is 2.73. The highest BCUT2D eigenvalue weighted by Gasteiger charge is 2.17. The molecule has 1 amide bonds. The van der Waals surface area contributed by atoms with Crippen molar-refractivity contribution in [1.29, 1.82) is 0 Å². The summed E-state index contributed by atoms with van der Waals surface area (Å²) in [6.07, 6.45) is 1.86. The number of ether oxygens (including phenoxy) is 1. The van der Waals surface area contributed by atoms with Crippen LogP contribution in [0.3, 0.4) is 0 Å². The van der Waals surface area contributed by atoms with Crippen LogP contribution in [0.15, 0.2) is 42.5 Å². The summed E-state index contributed by atoms with van der Waals surface area (Å²) in [5.41, 5.74) is 2.98. The molecule has 8 heteroatoms. The number of carbonyl (C=O) groups excluding carboxylic acids is 1. The monoisotopic (exact) mass is 530 g/mol. The number of sulfonamides is 1. The first-order valence-electron chi connectivity index (χ1n) is 9.37. The van der Waals surface area contributed by atoms with E-state index in [9.17, 15) is 13.2 Å². The zero-order chi connectivity index (χ0) is 21.4. The molecule has 0 aliphatic carbocycles. The molecular formula is C21H27IN2O4S. The average Bonchev–Trinajstić information content (AvgIpc) is 2.65. The molecular weight excluding hydrogens is 503 g/mol. The number of halogens is 1. The fraction of sp³-hybridized carbons (Fsp3) is 0.381. The number of carbonyl (C=O) groups is 1. The molecule has 0 radical (unpaired) electrons. The molecule has 29 heavy (non-hydrogen) atoms. The minimum Gasteiger partial charge on any atom is -0.492 e. The number of anilines is 1. The predicted molar refractivity (Wildman–Crippen MR) is 125 cm³/mol. The minimum atomic E-state index is -3.41. The van der Waals surface area contributed by atoms with E-state index in [1.54, 1.807) is 12.1 Å². The molecule has 0 fully saturated rings. The van der Waals surface area contributed by atoms with Gasteiger partial charge in [-0.15, -0.1) is 0 Å². The van der Waals surface area contributed by atoms with Gasteiger partial charge >= 0.3 is 0 Å². The predicted octanol–water partition coefficient (Wildman–Crippen LogP) is 3.65. The summed E-state index contributed by atoms with van der Waals surface area (Å²) in [5.74, 6) is 0.661. The Morgan fingerprint density at radius 1 is 1.10 bits per heavy atom. The Labute approximate surface area is 186 Å². The highest BCUT2D eigenvalue weighted by molar-refractivity contribution is 14.1. The molecule has 0 aliphatic rings. The molecule has 0 atom stereocenters. The third-order valence-electron chi connectivity index (χ3n) is 4.45. The number of rotatable bonds is 10. The van der Waals surface area contributed by atoms with Crippen molar-refractivity contribution in [2.45, 2.75) is 26.7 Å². The van der Waals surface area contributed by atoms with Crippen molar-refractivity contribution in [2.24, 2.45) is 0 Å². The first-order valence-corrected chi connectivity index (χ1v) is 12.3. The van der Waals surface area contributed by atoms with Crippen LogP contribution >= 0.6 is 22.6 Å². The summed E-state index contributed by atoms with van der Waals surface area (Å²) in [4.78, 5) is 12.0. The second kappa shape index (κ2) is 10.8. The molecule has 0 aromatic heterocycles. The van der Waals surface area contributed by atoms with E-state index in [4.69, 9.17) is 4.74 Å². The van der Waals surface area contributed by atoms with Gasteiger partial charge in [0, 0.05) is 16.5 Å². The van der Waals surface area contributed by atoms with Crippen LogP contribution in [0, 0.1) is 17.4 Å². The molecule has 0 bridgehead atoms. The summed E-state index contributed by atoms with van der Waals surface area (Å²) in [6.45, 7) is 5.11.